The first-order valence-corrected chi connectivity index (χ1v) is 7.76. The standard InChI is InChI=1S/C15H20O6/c1-7-4-10-11(20-10)5-8(7)13(16)21-15(14(17)18)3-2-9-12(6-15)19-9/h7-12H,2-6H2,1H3,(H,17,18). The molecule has 6 nitrogen and oxygen atoms in total. The van der Waals surface area contributed by atoms with Gasteiger partial charge in [-0.3, -0.25) is 4.79 Å². The zero-order chi connectivity index (χ0) is 14.8. The van der Waals surface area contributed by atoms with E-state index in [-0.39, 0.29) is 42.5 Å². The Hall–Kier alpha value is -1.14. The van der Waals surface area contributed by atoms with Crippen LogP contribution in [0.3, 0.4) is 0 Å². The van der Waals surface area contributed by atoms with Crippen molar-refractivity contribution in [1.29, 1.82) is 0 Å². The number of epoxide rings is 2. The summed E-state index contributed by atoms with van der Waals surface area (Å²) >= 11 is 0. The highest BCUT2D eigenvalue weighted by Crippen LogP contribution is 2.46. The molecule has 0 radical (unpaired) electrons. The second-order valence-corrected chi connectivity index (χ2v) is 6.94. The summed E-state index contributed by atoms with van der Waals surface area (Å²) in [6.45, 7) is 2.01. The van der Waals surface area contributed by atoms with Gasteiger partial charge in [-0.1, -0.05) is 6.92 Å². The van der Waals surface area contributed by atoms with Gasteiger partial charge in [0, 0.05) is 12.8 Å². The number of esters is 1. The van der Waals surface area contributed by atoms with Gasteiger partial charge in [-0.05, 0) is 25.2 Å². The van der Waals surface area contributed by atoms with E-state index in [1.165, 1.54) is 0 Å². The number of aliphatic carboxylic acids is 1. The van der Waals surface area contributed by atoms with Gasteiger partial charge in [0.05, 0.1) is 30.3 Å². The van der Waals surface area contributed by atoms with Crippen LogP contribution in [0.25, 0.3) is 0 Å². The lowest BCUT2D eigenvalue weighted by Crippen LogP contribution is -2.48. The SMILES string of the molecule is CC1CC2OC2CC1C(=O)OC1(C(=O)O)CCC2OC2C1. The predicted molar refractivity (Wildman–Crippen MR) is 69.5 cm³/mol. The largest absolute Gasteiger partial charge is 0.478 e. The van der Waals surface area contributed by atoms with E-state index in [9.17, 15) is 14.7 Å². The van der Waals surface area contributed by atoms with Crippen LogP contribution in [-0.2, 0) is 23.8 Å². The molecule has 4 fully saturated rings. The average Bonchev–Trinajstić information content (AvgIpc) is 3.31. The Morgan fingerprint density at radius 2 is 1.86 bits per heavy atom. The quantitative estimate of drug-likeness (QED) is 0.620. The molecular weight excluding hydrogens is 276 g/mol. The summed E-state index contributed by atoms with van der Waals surface area (Å²) in [5.74, 6) is -1.49. The number of hydrogen-bond donors (Lipinski definition) is 1. The molecule has 21 heavy (non-hydrogen) atoms. The maximum absolute atomic E-state index is 12.5. The van der Waals surface area contributed by atoms with Crippen LogP contribution in [0.4, 0.5) is 0 Å². The smallest absolute Gasteiger partial charge is 0.348 e. The topological polar surface area (TPSA) is 88.7 Å². The maximum atomic E-state index is 12.5. The maximum Gasteiger partial charge on any atom is 0.348 e. The average molecular weight is 296 g/mol. The van der Waals surface area contributed by atoms with Gasteiger partial charge in [-0.25, -0.2) is 4.79 Å². The monoisotopic (exact) mass is 296 g/mol. The third-order valence-electron chi connectivity index (χ3n) is 5.50. The van der Waals surface area contributed by atoms with Crippen molar-refractivity contribution in [2.75, 3.05) is 0 Å². The molecule has 2 heterocycles. The summed E-state index contributed by atoms with van der Waals surface area (Å²) < 4.78 is 16.4. The van der Waals surface area contributed by atoms with E-state index in [0.717, 1.165) is 6.42 Å². The number of rotatable bonds is 3. The normalized spacial score (nSPS) is 50.5. The van der Waals surface area contributed by atoms with Crippen molar-refractivity contribution in [3.05, 3.63) is 0 Å². The van der Waals surface area contributed by atoms with Crippen LogP contribution < -0.4 is 0 Å². The van der Waals surface area contributed by atoms with Gasteiger partial charge in [-0.15, -0.1) is 0 Å². The van der Waals surface area contributed by atoms with Crippen molar-refractivity contribution < 1.29 is 28.9 Å². The number of hydrogen-bond acceptors (Lipinski definition) is 5. The lowest BCUT2D eigenvalue weighted by molar-refractivity contribution is -0.186. The fourth-order valence-corrected chi connectivity index (χ4v) is 3.95. The Balaban J connectivity index is 1.47. The molecule has 1 N–H and O–H groups in total. The van der Waals surface area contributed by atoms with Gasteiger partial charge in [-0.2, -0.15) is 0 Å². The molecule has 2 saturated heterocycles. The second-order valence-electron chi connectivity index (χ2n) is 6.94. The van der Waals surface area contributed by atoms with Crippen LogP contribution in [0.5, 0.6) is 0 Å². The summed E-state index contributed by atoms with van der Waals surface area (Å²) in [6.07, 6.45) is 3.38. The van der Waals surface area contributed by atoms with Gasteiger partial charge in [0.2, 0.25) is 5.60 Å². The molecule has 0 aromatic rings. The minimum Gasteiger partial charge on any atom is -0.478 e. The van der Waals surface area contributed by atoms with Crippen LogP contribution in [0, 0.1) is 11.8 Å². The molecule has 6 heteroatoms. The molecule has 116 valence electrons. The van der Waals surface area contributed by atoms with E-state index >= 15 is 0 Å². The van der Waals surface area contributed by atoms with Gasteiger partial charge >= 0.3 is 11.9 Å². The van der Waals surface area contributed by atoms with E-state index in [0.29, 0.717) is 25.4 Å². The first kappa shape index (κ1) is 13.5. The van der Waals surface area contributed by atoms with Crippen molar-refractivity contribution >= 4 is 11.9 Å². The molecule has 2 aliphatic heterocycles. The highest BCUT2D eigenvalue weighted by molar-refractivity contribution is 5.83. The highest BCUT2D eigenvalue weighted by atomic mass is 16.6. The molecular formula is C15H20O6. The van der Waals surface area contributed by atoms with Crippen molar-refractivity contribution in [2.45, 2.75) is 69.0 Å². The minimum absolute atomic E-state index is 0.0532. The van der Waals surface area contributed by atoms with E-state index in [2.05, 4.69) is 0 Å². The first-order chi connectivity index (χ1) is 9.98. The molecule has 0 aromatic heterocycles. The van der Waals surface area contributed by atoms with Gasteiger partial charge in [0.1, 0.15) is 0 Å². The molecule has 0 amide bonds. The van der Waals surface area contributed by atoms with Gasteiger partial charge in [0.15, 0.2) is 0 Å². The number of carbonyl (C=O) groups excluding carboxylic acids is 1. The molecule has 0 bridgehead atoms. The molecule has 2 saturated carbocycles. The molecule has 4 aliphatic rings. The fraction of sp³-hybridized carbons (Fsp3) is 0.867. The summed E-state index contributed by atoms with van der Waals surface area (Å²) in [7, 11) is 0. The number of carbonyl (C=O) groups is 2. The molecule has 4 rings (SSSR count). The molecule has 0 aromatic carbocycles. The summed E-state index contributed by atoms with van der Waals surface area (Å²) in [6, 6.07) is 0. The van der Waals surface area contributed by atoms with Crippen molar-refractivity contribution in [2.24, 2.45) is 11.8 Å². The van der Waals surface area contributed by atoms with Crippen molar-refractivity contribution in [3.63, 3.8) is 0 Å². The van der Waals surface area contributed by atoms with Crippen molar-refractivity contribution in [3.8, 4) is 0 Å². The van der Waals surface area contributed by atoms with Gasteiger partial charge in [0.25, 0.3) is 0 Å². The zero-order valence-corrected chi connectivity index (χ0v) is 12.0. The Kier molecular flexibility index (Phi) is 2.85. The third-order valence-corrected chi connectivity index (χ3v) is 5.50. The molecule has 2 aliphatic carbocycles. The molecule has 0 spiro atoms. The number of ether oxygens (including phenoxy) is 3. The Bertz CT molecular complexity index is 491. The number of carboxylic acid groups (broad SMARTS) is 1. The Morgan fingerprint density at radius 3 is 2.57 bits per heavy atom. The lowest BCUT2D eigenvalue weighted by atomic mass is 9.80. The van der Waals surface area contributed by atoms with Crippen LogP contribution in [0.2, 0.25) is 0 Å². The third kappa shape index (κ3) is 2.25. The van der Waals surface area contributed by atoms with E-state index in [4.69, 9.17) is 14.2 Å². The fourth-order valence-electron chi connectivity index (χ4n) is 3.95. The second kappa shape index (κ2) is 4.43. The van der Waals surface area contributed by atoms with Crippen LogP contribution in [0.15, 0.2) is 0 Å². The van der Waals surface area contributed by atoms with Crippen LogP contribution in [0.1, 0.15) is 39.0 Å². The van der Waals surface area contributed by atoms with Crippen LogP contribution in [-0.4, -0.2) is 47.1 Å². The minimum atomic E-state index is -1.39. The van der Waals surface area contributed by atoms with Crippen molar-refractivity contribution in [1.82, 2.24) is 0 Å². The summed E-state index contributed by atoms with van der Waals surface area (Å²) in [4.78, 5) is 24.1. The zero-order valence-electron chi connectivity index (χ0n) is 12.0. The first-order valence-electron chi connectivity index (χ1n) is 7.76. The lowest BCUT2D eigenvalue weighted by Gasteiger charge is -2.34. The predicted octanol–water partition coefficient (Wildman–Crippen LogP) is 1.12. The van der Waals surface area contributed by atoms with E-state index in [1.807, 2.05) is 6.92 Å². The number of carboxylic acids is 1. The highest BCUT2D eigenvalue weighted by Gasteiger charge is 2.58. The van der Waals surface area contributed by atoms with Gasteiger partial charge < -0.3 is 19.3 Å². The van der Waals surface area contributed by atoms with Crippen LogP contribution >= 0.6 is 0 Å². The summed E-state index contributed by atoms with van der Waals surface area (Å²) in [5, 5.41) is 9.54. The number of fused-ring (bicyclic) bond motifs is 2. The molecule has 7 unspecified atom stereocenters. The Morgan fingerprint density at radius 1 is 1.14 bits per heavy atom. The Labute approximate surface area is 122 Å². The molecule has 7 atom stereocenters. The van der Waals surface area contributed by atoms with E-state index < -0.39 is 11.6 Å². The summed E-state index contributed by atoms with van der Waals surface area (Å²) in [5.41, 5.74) is -1.39. The van der Waals surface area contributed by atoms with E-state index in [1.54, 1.807) is 0 Å².